The minimum atomic E-state index is -4.72. The van der Waals surface area contributed by atoms with Crippen molar-refractivity contribution in [3.05, 3.63) is 54.7 Å². The molecule has 2 amide bonds. The van der Waals surface area contributed by atoms with Crippen LogP contribution in [-0.4, -0.2) is 39.4 Å². The Labute approximate surface area is 179 Å². The first-order valence-electron chi connectivity index (χ1n) is 9.39. The van der Waals surface area contributed by atoms with Crippen LogP contribution >= 0.6 is 0 Å². The molecule has 2 N–H and O–H groups in total. The van der Waals surface area contributed by atoms with Crippen molar-refractivity contribution in [3.8, 4) is 17.1 Å². The molecule has 0 saturated carbocycles. The first kappa shape index (κ1) is 21.2. The number of ether oxygens (including phenoxy) is 1. The van der Waals surface area contributed by atoms with E-state index in [2.05, 4.69) is 30.3 Å². The van der Waals surface area contributed by atoms with E-state index in [1.807, 2.05) is 0 Å². The zero-order chi connectivity index (χ0) is 22.7. The predicted octanol–water partition coefficient (Wildman–Crippen LogP) is 3.94. The molecule has 166 valence electrons. The topological polar surface area (TPSA) is 107 Å². The van der Waals surface area contributed by atoms with Gasteiger partial charge in [-0.15, -0.1) is 0 Å². The second-order valence-corrected chi connectivity index (χ2v) is 6.64. The normalized spacial score (nSPS) is 11.5. The van der Waals surface area contributed by atoms with Crippen LogP contribution in [0.2, 0.25) is 0 Å². The van der Waals surface area contributed by atoms with Crippen LogP contribution < -0.4 is 15.4 Å². The number of carbonyl (C=O) groups is 1. The van der Waals surface area contributed by atoms with Gasteiger partial charge in [0.15, 0.2) is 0 Å². The van der Waals surface area contributed by atoms with E-state index < -0.39 is 18.1 Å². The molecule has 0 fully saturated rings. The maximum absolute atomic E-state index is 12.7. The Kier molecular flexibility index (Phi) is 5.67. The number of hydrogen-bond donors (Lipinski definition) is 2. The van der Waals surface area contributed by atoms with Crippen LogP contribution in [0.4, 0.5) is 23.7 Å². The number of halogens is 3. The number of imidazole rings is 1. The first-order chi connectivity index (χ1) is 15.3. The third kappa shape index (κ3) is 4.48. The maximum Gasteiger partial charge on any atom is 0.471 e. The fourth-order valence-electron chi connectivity index (χ4n) is 3.03. The number of urea groups is 1. The van der Waals surface area contributed by atoms with Crippen molar-refractivity contribution in [2.75, 3.05) is 19.0 Å². The summed E-state index contributed by atoms with van der Waals surface area (Å²) in [7, 11) is 1.51. The quantitative estimate of drug-likeness (QED) is 0.465. The lowest BCUT2D eigenvalue weighted by Crippen LogP contribution is -2.31. The Morgan fingerprint density at radius 1 is 1.22 bits per heavy atom. The smallest absolute Gasteiger partial charge is 0.471 e. The van der Waals surface area contributed by atoms with E-state index in [1.54, 1.807) is 53.4 Å². The van der Waals surface area contributed by atoms with Crippen molar-refractivity contribution < 1.29 is 27.2 Å². The van der Waals surface area contributed by atoms with Crippen LogP contribution in [0.5, 0.6) is 5.75 Å². The standard InChI is InChI=1S/C20H17F3N6O3/c1-31-16-5-3-2-4-14(16)26-19(30)24-8-9-29-11-25-13-7-6-12(10-15(13)29)17-27-18(32-28-17)20(21,22)23/h2-7,10-11H,8-9H2,1H3,(H2,24,26,30). The lowest BCUT2D eigenvalue weighted by atomic mass is 10.2. The fourth-order valence-corrected chi connectivity index (χ4v) is 3.03. The highest BCUT2D eigenvalue weighted by atomic mass is 19.4. The van der Waals surface area contributed by atoms with Gasteiger partial charge in [-0.25, -0.2) is 9.78 Å². The zero-order valence-corrected chi connectivity index (χ0v) is 16.7. The molecular weight excluding hydrogens is 429 g/mol. The Hall–Kier alpha value is -4.09. The summed E-state index contributed by atoms with van der Waals surface area (Å²) in [5.41, 5.74) is 2.16. The summed E-state index contributed by atoms with van der Waals surface area (Å²) in [6.07, 6.45) is -3.14. The molecule has 0 aliphatic carbocycles. The summed E-state index contributed by atoms with van der Waals surface area (Å²) in [5, 5.41) is 8.84. The number of amides is 2. The summed E-state index contributed by atoms with van der Waals surface area (Å²) in [4.78, 5) is 19.8. The molecule has 2 aromatic heterocycles. The number of nitrogens with zero attached hydrogens (tertiary/aromatic N) is 4. The molecule has 0 spiro atoms. The number of carbonyl (C=O) groups excluding carboxylic acids is 1. The third-order valence-corrected chi connectivity index (χ3v) is 4.54. The number of anilines is 1. The zero-order valence-electron chi connectivity index (χ0n) is 16.7. The predicted molar refractivity (Wildman–Crippen MR) is 108 cm³/mol. The molecule has 32 heavy (non-hydrogen) atoms. The molecule has 0 saturated heterocycles. The molecule has 12 heteroatoms. The molecule has 0 radical (unpaired) electrons. The molecule has 4 rings (SSSR count). The van der Waals surface area contributed by atoms with Crippen LogP contribution in [0.25, 0.3) is 22.4 Å². The summed E-state index contributed by atoms with van der Waals surface area (Å²) in [6.45, 7) is 0.649. The lowest BCUT2D eigenvalue weighted by Gasteiger charge is -2.11. The van der Waals surface area contributed by atoms with Crippen LogP contribution in [0.15, 0.2) is 53.3 Å². The molecular formula is C20H17F3N6O3. The van der Waals surface area contributed by atoms with Crippen LogP contribution in [-0.2, 0) is 12.7 Å². The lowest BCUT2D eigenvalue weighted by molar-refractivity contribution is -0.159. The monoisotopic (exact) mass is 446 g/mol. The van der Waals surface area contributed by atoms with E-state index in [9.17, 15) is 18.0 Å². The van der Waals surface area contributed by atoms with E-state index in [1.165, 1.54) is 7.11 Å². The van der Waals surface area contributed by atoms with Gasteiger partial charge in [-0.2, -0.15) is 18.2 Å². The van der Waals surface area contributed by atoms with Gasteiger partial charge >= 0.3 is 18.1 Å². The van der Waals surface area contributed by atoms with Crippen LogP contribution in [0.3, 0.4) is 0 Å². The van der Waals surface area contributed by atoms with Crippen molar-refractivity contribution in [1.29, 1.82) is 0 Å². The van der Waals surface area contributed by atoms with E-state index in [4.69, 9.17) is 4.74 Å². The highest BCUT2D eigenvalue weighted by Gasteiger charge is 2.38. The molecule has 0 aliphatic heterocycles. The number of hydrogen-bond acceptors (Lipinski definition) is 6. The summed E-state index contributed by atoms with van der Waals surface area (Å²) >= 11 is 0. The van der Waals surface area contributed by atoms with E-state index in [-0.39, 0.29) is 12.4 Å². The maximum atomic E-state index is 12.7. The number of methoxy groups -OCH3 is 1. The number of aromatic nitrogens is 4. The average Bonchev–Trinajstić information content (AvgIpc) is 3.41. The molecule has 2 aromatic carbocycles. The molecule has 0 atom stereocenters. The highest BCUT2D eigenvalue weighted by Crippen LogP contribution is 2.30. The second kappa shape index (κ2) is 8.57. The van der Waals surface area contributed by atoms with Gasteiger partial charge in [0.05, 0.1) is 30.2 Å². The van der Waals surface area contributed by atoms with Gasteiger partial charge in [0.2, 0.25) is 5.82 Å². The van der Waals surface area contributed by atoms with Crippen molar-refractivity contribution in [3.63, 3.8) is 0 Å². The number of benzene rings is 2. The van der Waals surface area contributed by atoms with Crippen LogP contribution in [0.1, 0.15) is 5.89 Å². The summed E-state index contributed by atoms with van der Waals surface area (Å²) in [5.74, 6) is -1.06. The molecule has 2 heterocycles. The molecule has 0 unspecified atom stereocenters. The van der Waals surface area contributed by atoms with Crippen molar-refractivity contribution in [1.82, 2.24) is 25.0 Å². The van der Waals surface area contributed by atoms with E-state index >= 15 is 0 Å². The minimum absolute atomic E-state index is 0.179. The van der Waals surface area contributed by atoms with Gasteiger partial charge in [-0.05, 0) is 30.3 Å². The Bertz CT molecular complexity index is 1250. The van der Waals surface area contributed by atoms with Crippen molar-refractivity contribution in [2.24, 2.45) is 0 Å². The van der Waals surface area contributed by atoms with Gasteiger partial charge in [-0.1, -0.05) is 17.3 Å². The van der Waals surface area contributed by atoms with Crippen molar-refractivity contribution in [2.45, 2.75) is 12.7 Å². The van der Waals surface area contributed by atoms with E-state index in [0.29, 0.717) is 34.6 Å². The van der Waals surface area contributed by atoms with Gasteiger partial charge in [-0.3, -0.25) is 0 Å². The fraction of sp³-hybridized carbons (Fsp3) is 0.200. The Balaban J connectivity index is 1.43. The highest BCUT2D eigenvalue weighted by molar-refractivity contribution is 5.90. The van der Waals surface area contributed by atoms with Gasteiger partial charge in [0.1, 0.15) is 5.75 Å². The molecule has 9 nitrogen and oxygen atoms in total. The van der Waals surface area contributed by atoms with E-state index in [0.717, 1.165) is 0 Å². The van der Waals surface area contributed by atoms with Gasteiger partial charge in [0.25, 0.3) is 0 Å². The Morgan fingerprint density at radius 3 is 2.78 bits per heavy atom. The number of nitrogens with one attached hydrogen (secondary N) is 2. The van der Waals surface area contributed by atoms with Crippen molar-refractivity contribution >= 4 is 22.8 Å². The summed E-state index contributed by atoms with van der Waals surface area (Å²) in [6, 6.07) is 11.4. The number of alkyl halides is 3. The largest absolute Gasteiger partial charge is 0.495 e. The Morgan fingerprint density at radius 2 is 2.03 bits per heavy atom. The number of para-hydroxylation sites is 2. The number of fused-ring (bicyclic) bond motifs is 1. The third-order valence-electron chi connectivity index (χ3n) is 4.54. The first-order valence-corrected chi connectivity index (χ1v) is 9.39. The SMILES string of the molecule is COc1ccccc1NC(=O)NCCn1cnc2ccc(-c3noc(C(F)(F)F)n3)cc21. The summed E-state index contributed by atoms with van der Waals surface area (Å²) < 4.78 is 49.4. The van der Waals surface area contributed by atoms with Crippen LogP contribution in [0, 0.1) is 0 Å². The number of rotatable bonds is 6. The average molecular weight is 446 g/mol. The minimum Gasteiger partial charge on any atom is -0.495 e. The molecule has 4 aromatic rings. The molecule has 0 aliphatic rings. The second-order valence-electron chi connectivity index (χ2n) is 6.64. The van der Waals surface area contributed by atoms with Gasteiger partial charge in [0, 0.05) is 18.7 Å². The van der Waals surface area contributed by atoms with Gasteiger partial charge < -0.3 is 24.5 Å². The molecule has 0 bridgehead atoms.